The highest BCUT2D eigenvalue weighted by molar-refractivity contribution is 9.11. The number of carbonyl (C=O) groups is 1. The Kier molecular flexibility index (Phi) is 8.92. The topological polar surface area (TPSA) is 103 Å². The fourth-order valence-electron chi connectivity index (χ4n) is 2.94. The molecule has 3 aromatic rings. The molecule has 0 saturated heterocycles. The van der Waals surface area contributed by atoms with E-state index < -0.39 is 16.0 Å². The third kappa shape index (κ3) is 6.83. The van der Waals surface area contributed by atoms with Gasteiger partial charge in [-0.1, -0.05) is 33.6 Å². The summed E-state index contributed by atoms with van der Waals surface area (Å²) in [5.74, 6) is 0.461. The molecule has 35 heavy (non-hydrogen) atoms. The lowest BCUT2D eigenvalue weighted by molar-refractivity contribution is 0.0954. The number of hydrazone groups is 1. The highest BCUT2D eigenvalue weighted by atomic mass is 79.9. The minimum atomic E-state index is -4.11. The number of hydrogen-bond donors (Lipinski definition) is 1. The van der Waals surface area contributed by atoms with E-state index in [2.05, 4.69) is 42.4 Å². The summed E-state index contributed by atoms with van der Waals surface area (Å²) >= 11 is 6.70. The first-order valence-corrected chi connectivity index (χ1v) is 13.3. The molecular weight excluding hydrogens is 604 g/mol. The smallest absolute Gasteiger partial charge is 0.339 e. The Morgan fingerprint density at radius 1 is 1.06 bits per heavy atom. The molecule has 0 aliphatic carbocycles. The SMILES string of the molecule is CCOc1ccc(C(=O)N/N=C/c2cc(Br)cc(Br)c2OS(=O)(=O)c2ccc(C)cc2)cc1OC. The number of nitrogens with zero attached hydrogens (tertiary/aromatic N) is 1. The Labute approximate surface area is 220 Å². The maximum atomic E-state index is 12.8. The summed E-state index contributed by atoms with van der Waals surface area (Å²) < 4.78 is 42.8. The molecule has 0 aromatic heterocycles. The van der Waals surface area contributed by atoms with Crippen molar-refractivity contribution in [3.05, 3.63) is 80.2 Å². The van der Waals surface area contributed by atoms with E-state index in [-0.39, 0.29) is 10.6 Å². The Hall–Kier alpha value is -2.89. The quantitative estimate of drug-likeness (QED) is 0.192. The molecule has 0 heterocycles. The van der Waals surface area contributed by atoms with Gasteiger partial charge in [0.25, 0.3) is 5.91 Å². The van der Waals surface area contributed by atoms with Gasteiger partial charge in [0.1, 0.15) is 4.90 Å². The van der Waals surface area contributed by atoms with Crippen molar-refractivity contribution >= 4 is 54.1 Å². The molecule has 0 unspecified atom stereocenters. The molecule has 3 rings (SSSR count). The zero-order valence-electron chi connectivity index (χ0n) is 19.0. The van der Waals surface area contributed by atoms with Crippen LogP contribution in [0.1, 0.15) is 28.4 Å². The fraction of sp³-hybridized carbons (Fsp3) is 0.167. The number of rotatable bonds is 9. The Morgan fingerprint density at radius 3 is 2.43 bits per heavy atom. The average molecular weight is 626 g/mol. The van der Waals surface area contributed by atoms with Crippen molar-refractivity contribution < 1.29 is 26.9 Å². The zero-order chi connectivity index (χ0) is 25.6. The van der Waals surface area contributed by atoms with Gasteiger partial charge in [-0.2, -0.15) is 13.5 Å². The molecule has 184 valence electrons. The van der Waals surface area contributed by atoms with Crippen LogP contribution in [-0.4, -0.2) is 34.3 Å². The van der Waals surface area contributed by atoms with Gasteiger partial charge >= 0.3 is 10.1 Å². The summed E-state index contributed by atoms with van der Waals surface area (Å²) in [6.45, 7) is 4.16. The number of carbonyl (C=O) groups excluding carboxylic acids is 1. The van der Waals surface area contributed by atoms with Crippen LogP contribution in [0.15, 0.2) is 73.5 Å². The first kappa shape index (κ1) is 26.7. The number of nitrogens with one attached hydrogen (secondary N) is 1. The van der Waals surface area contributed by atoms with Crippen LogP contribution in [0.2, 0.25) is 0 Å². The molecule has 0 saturated carbocycles. The molecule has 0 atom stereocenters. The molecule has 1 amide bonds. The second-order valence-corrected chi connectivity index (χ2v) is 10.5. The summed E-state index contributed by atoms with van der Waals surface area (Å²) in [5.41, 5.74) is 3.95. The largest absolute Gasteiger partial charge is 0.493 e. The molecular formula is C24H22Br2N2O6S. The maximum Gasteiger partial charge on any atom is 0.339 e. The van der Waals surface area contributed by atoms with E-state index in [1.807, 2.05) is 13.8 Å². The minimum absolute atomic E-state index is 0.0126. The van der Waals surface area contributed by atoms with Crippen LogP contribution < -0.4 is 19.1 Å². The highest BCUT2D eigenvalue weighted by Gasteiger charge is 2.21. The molecule has 0 aliphatic rings. The van der Waals surface area contributed by atoms with Crippen molar-refractivity contribution in [3.8, 4) is 17.2 Å². The lowest BCUT2D eigenvalue weighted by Gasteiger charge is -2.12. The predicted octanol–water partition coefficient (Wildman–Crippen LogP) is 5.46. The van der Waals surface area contributed by atoms with Crippen LogP contribution in [0, 0.1) is 6.92 Å². The van der Waals surface area contributed by atoms with E-state index in [0.717, 1.165) is 5.56 Å². The summed E-state index contributed by atoms with van der Waals surface area (Å²) in [7, 11) is -2.63. The van der Waals surface area contributed by atoms with Crippen molar-refractivity contribution in [2.75, 3.05) is 13.7 Å². The molecule has 0 bridgehead atoms. The van der Waals surface area contributed by atoms with E-state index in [1.54, 1.807) is 36.4 Å². The Morgan fingerprint density at radius 2 is 1.77 bits per heavy atom. The first-order chi connectivity index (χ1) is 16.6. The van der Waals surface area contributed by atoms with Gasteiger partial charge in [-0.3, -0.25) is 4.79 Å². The van der Waals surface area contributed by atoms with Crippen LogP contribution >= 0.6 is 31.9 Å². The normalized spacial score (nSPS) is 11.3. The summed E-state index contributed by atoms with van der Waals surface area (Å²) in [6.07, 6.45) is 1.29. The molecule has 8 nitrogen and oxygen atoms in total. The average Bonchev–Trinajstić information content (AvgIpc) is 2.81. The lowest BCUT2D eigenvalue weighted by Crippen LogP contribution is -2.18. The maximum absolute atomic E-state index is 12.8. The minimum Gasteiger partial charge on any atom is -0.493 e. The molecule has 11 heteroatoms. The molecule has 1 N–H and O–H groups in total. The van der Waals surface area contributed by atoms with Gasteiger partial charge in [-0.15, -0.1) is 0 Å². The van der Waals surface area contributed by atoms with E-state index in [1.165, 1.54) is 31.5 Å². The van der Waals surface area contributed by atoms with Gasteiger partial charge in [0.05, 0.1) is 24.4 Å². The van der Waals surface area contributed by atoms with Gasteiger partial charge in [-0.25, -0.2) is 5.43 Å². The monoisotopic (exact) mass is 624 g/mol. The molecule has 3 aromatic carbocycles. The van der Waals surface area contributed by atoms with Crippen molar-refractivity contribution in [2.24, 2.45) is 5.10 Å². The van der Waals surface area contributed by atoms with Crippen molar-refractivity contribution in [1.29, 1.82) is 0 Å². The first-order valence-electron chi connectivity index (χ1n) is 10.3. The number of benzene rings is 3. The van der Waals surface area contributed by atoms with Crippen LogP contribution in [0.4, 0.5) is 0 Å². The number of ether oxygens (including phenoxy) is 2. The van der Waals surface area contributed by atoms with Crippen LogP contribution in [0.3, 0.4) is 0 Å². The van der Waals surface area contributed by atoms with Crippen molar-refractivity contribution in [2.45, 2.75) is 18.7 Å². The zero-order valence-corrected chi connectivity index (χ0v) is 23.0. The van der Waals surface area contributed by atoms with Crippen LogP contribution in [0.25, 0.3) is 0 Å². The molecule has 0 aliphatic heterocycles. The van der Waals surface area contributed by atoms with E-state index in [0.29, 0.717) is 38.2 Å². The van der Waals surface area contributed by atoms with E-state index in [9.17, 15) is 13.2 Å². The summed E-state index contributed by atoms with van der Waals surface area (Å²) in [6, 6.07) is 14.3. The van der Waals surface area contributed by atoms with Gasteiger partial charge in [0, 0.05) is 15.6 Å². The van der Waals surface area contributed by atoms with E-state index in [4.69, 9.17) is 13.7 Å². The summed E-state index contributed by atoms with van der Waals surface area (Å²) in [5, 5.41) is 3.98. The Bertz CT molecular complexity index is 1360. The second kappa shape index (κ2) is 11.7. The van der Waals surface area contributed by atoms with Gasteiger partial charge in [0.2, 0.25) is 0 Å². The van der Waals surface area contributed by atoms with Crippen molar-refractivity contribution in [3.63, 3.8) is 0 Å². The highest BCUT2D eigenvalue weighted by Crippen LogP contribution is 2.34. The molecule has 0 spiro atoms. The van der Waals surface area contributed by atoms with E-state index >= 15 is 0 Å². The fourth-order valence-corrected chi connectivity index (χ4v) is 5.35. The molecule has 0 radical (unpaired) electrons. The van der Waals surface area contributed by atoms with Crippen LogP contribution in [0.5, 0.6) is 17.2 Å². The predicted molar refractivity (Wildman–Crippen MR) is 140 cm³/mol. The third-order valence-electron chi connectivity index (χ3n) is 4.64. The standard InChI is InChI=1S/C24H22Br2N2O6S/c1-4-33-21-10-7-16(12-22(21)32-3)24(29)28-27-14-17-11-18(25)13-20(26)23(17)34-35(30,31)19-8-5-15(2)6-9-19/h5-14H,4H2,1-3H3,(H,28,29)/b27-14+. The number of methoxy groups -OCH3 is 1. The second-order valence-electron chi connectivity index (χ2n) is 7.15. The molecule has 0 fully saturated rings. The van der Waals surface area contributed by atoms with Crippen molar-refractivity contribution in [1.82, 2.24) is 5.43 Å². The van der Waals surface area contributed by atoms with Crippen LogP contribution in [-0.2, 0) is 10.1 Å². The summed E-state index contributed by atoms with van der Waals surface area (Å²) in [4.78, 5) is 12.6. The van der Waals surface area contributed by atoms with Gasteiger partial charge in [0.15, 0.2) is 17.2 Å². The third-order valence-corrected chi connectivity index (χ3v) is 6.92. The van der Waals surface area contributed by atoms with Gasteiger partial charge < -0.3 is 13.7 Å². The Balaban J connectivity index is 1.83. The number of halogens is 2. The lowest BCUT2D eigenvalue weighted by atomic mass is 10.2. The van der Waals surface area contributed by atoms with Gasteiger partial charge in [-0.05, 0) is 72.2 Å². The number of amides is 1. The number of aryl methyl sites for hydroxylation is 1. The number of hydrogen-bond acceptors (Lipinski definition) is 7.